The molecule has 0 aromatic carbocycles. The second-order valence-electron chi connectivity index (χ2n) is 4.69. The van der Waals surface area contributed by atoms with Crippen molar-refractivity contribution in [1.82, 2.24) is 14.9 Å². The Balaban J connectivity index is 1.41. The molecule has 0 saturated carbocycles. The number of nitrogens with one attached hydrogen (secondary N) is 1. The minimum absolute atomic E-state index is 0.0861. The monoisotopic (exact) mass is 264 g/mol. The molecule has 0 spiro atoms. The van der Waals surface area contributed by atoms with Crippen LogP contribution in [0.2, 0.25) is 0 Å². The van der Waals surface area contributed by atoms with E-state index in [4.69, 9.17) is 9.47 Å². The molecule has 0 unspecified atom stereocenters. The van der Waals surface area contributed by atoms with Gasteiger partial charge in [-0.1, -0.05) is 0 Å². The zero-order valence-corrected chi connectivity index (χ0v) is 10.5. The minimum Gasteiger partial charge on any atom is -0.444 e. The molecule has 0 aliphatic carbocycles. The zero-order valence-electron chi connectivity index (χ0n) is 10.5. The van der Waals surface area contributed by atoms with Gasteiger partial charge < -0.3 is 19.7 Å². The third-order valence-electron chi connectivity index (χ3n) is 3.19. The summed E-state index contributed by atoms with van der Waals surface area (Å²) in [5, 5.41) is 3.16. The molecule has 3 heterocycles. The van der Waals surface area contributed by atoms with E-state index in [1.807, 2.05) is 0 Å². The summed E-state index contributed by atoms with van der Waals surface area (Å²) in [6, 6.07) is 1.95. The molecular weight excluding hydrogens is 248 g/mol. The van der Waals surface area contributed by atoms with Crippen LogP contribution in [0.25, 0.3) is 0 Å². The van der Waals surface area contributed by atoms with E-state index in [2.05, 4.69) is 15.3 Å². The third kappa shape index (κ3) is 2.93. The topological polar surface area (TPSA) is 76.6 Å². The number of nitrogens with zero attached hydrogens (tertiary/aromatic N) is 3. The highest BCUT2D eigenvalue weighted by molar-refractivity contribution is 5.69. The number of aromatic nitrogens is 2. The van der Waals surface area contributed by atoms with E-state index in [0.717, 1.165) is 6.42 Å². The van der Waals surface area contributed by atoms with Crippen LogP contribution in [0.1, 0.15) is 6.42 Å². The Morgan fingerprint density at radius 3 is 2.89 bits per heavy atom. The van der Waals surface area contributed by atoms with Gasteiger partial charge in [-0.15, -0.1) is 0 Å². The second kappa shape index (κ2) is 5.40. The molecule has 0 bridgehead atoms. The highest BCUT2D eigenvalue weighted by Gasteiger charge is 2.33. The van der Waals surface area contributed by atoms with E-state index in [1.165, 1.54) is 0 Å². The summed E-state index contributed by atoms with van der Waals surface area (Å²) < 4.78 is 10.5. The van der Waals surface area contributed by atoms with Gasteiger partial charge in [0, 0.05) is 31.9 Å². The van der Waals surface area contributed by atoms with Crippen LogP contribution in [-0.2, 0) is 9.47 Å². The summed E-state index contributed by atoms with van der Waals surface area (Å²) >= 11 is 0. The van der Waals surface area contributed by atoms with E-state index < -0.39 is 0 Å². The zero-order chi connectivity index (χ0) is 13.1. The lowest BCUT2D eigenvalue weighted by Gasteiger charge is -2.38. The normalized spacial score (nSPS) is 22.9. The van der Waals surface area contributed by atoms with Gasteiger partial charge in [-0.2, -0.15) is 0 Å². The van der Waals surface area contributed by atoms with Crippen molar-refractivity contribution in [1.29, 1.82) is 0 Å². The van der Waals surface area contributed by atoms with Crippen molar-refractivity contribution >= 4 is 12.0 Å². The fourth-order valence-electron chi connectivity index (χ4n) is 2.10. The van der Waals surface area contributed by atoms with Crippen molar-refractivity contribution in [3.8, 4) is 0 Å². The van der Waals surface area contributed by atoms with Crippen molar-refractivity contribution in [2.45, 2.75) is 18.6 Å². The molecule has 2 aliphatic rings. The second-order valence-corrected chi connectivity index (χ2v) is 4.69. The molecule has 2 saturated heterocycles. The number of carbonyl (C=O) groups excluding carboxylic acids is 1. The summed E-state index contributed by atoms with van der Waals surface area (Å²) in [4.78, 5) is 21.6. The van der Waals surface area contributed by atoms with Crippen LogP contribution < -0.4 is 5.32 Å². The van der Waals surface area contributed by atoms with Gasteiger partial charge in [0.05, 0.1) is 19.3 Å². The Morgan fingerprint density at radius 1 is 1.42 bits per heavy atom. The molecule has 1 amide bonds. The quantitative estimate of drug-likeness (QED) is 0.856. The van der Waals surface area contributed by atoms with Crippen molar-refractivity contribution in [3.63, 3.8) is 0 Å². The fourth-order valence-corrected chi connectivity index (χ4v) is 2.10. The van der Waals surface area contributed by atoms with E-state index in [-0.39, 0.29) is 18.2 Å². The maximum Gasteiger partial charge on any atom is 0.410 e. The molecule has 19 heavy (non-hydrogen) atoms. The summed E-state index contributed by atoms with van der Waals surface area (Å²) in [5.41, 5.74) is 0. The molecule has 0 radical (unpaired) electrons. The summed E-state index contributed by atoms with van der Waals surface area (Å²) in [5.74, 6) is 0.588. The van der Waals surface area contributed by atoms with Gasteiger partial charge in [0.15, 0.2) is 0 Å². The number of ether oxygens (including phenoxy) is 2. The maximum atomic E-state index is 11.8. The van der Waals surface area contributed by atoms with Gasteiger partial charge in [-0.05, 0) is 6.07 Å². The third-order valence-corrected chi connectivity index (χ3v) is 3.19. The average Bonchev–Trinajstić information content (AvgIpc) is 2.87. The first kappa shape index (κ1) is 12.2. The van der Waals surface area contributed by atoms with Crippen molar-refractivity contribution in [3.05, 3.63) is 18.5 Å². The van der Waals surface area contributed by atoms with E-state index >= 15 is 0 Å². The molecule has 1 aromatic rings. The van der Waals surface area contributed by atoms with E-state index in [9.17, 15) is 4.79 Å². The summed E-state index contributed by atoms with van der Waals surface area (Å²) in [6.45, 7) is 2.42. The van der Waals surface area contributed by atoms with Gasteiger partial charge in [-0.25, -0.2) is 14.8 Å². The van der Waals surface area contributed by atoms with Gasteiger partial charge in [0.25, 0.3) is 0 Å². The van der Waals surface area contributed by atoms with Crippen LogP contribution in [0.5, 0.6) is 0 Å². The van der Waals surface area contributed by atoms with E-state index in [0.29, 0.717) is 32.3 Å². The SMILES string of the molecule is O=C(O[C@H]1CCOC1)N1CC(Nc2ncccn2)C1. The van der Waals surface area contributed by atoms with E-state index in [1.54, 1.807) is 23.4 Å². The Kier molecular flexibility index (Phi) is 3.45. The molecular formula is C12H16N4O3. The van der Waals surface area contributed by atoms with Crippen LogP contribution in [0, 0.1) is 0 Å². The smallest absolute Gasteiger partial charge is 0.410 e. The van der Waals surface area contributed by atoms with Crippen molar-refractivity contribution in [2.24, 2.45) is 0 Å². The van der Waals surface area contributed by atoms with Gasteiger partial charge in [-0.3, -0.25) is 0 Å². The number of carbonyl (C=O) groups is 1. The standard InChI is InChI=1S/C12H16N4O3/c17-12(19-10-2-5-18-8-10)16-6-9(7-16)15-11-13-3-1-4-14-11/h1,3-4,9-10H,2,5-8H2,(H,13,14,15)/t10-/m0/s1. The Bertz CT molecular complexity index is 430. The first-order valence-corrected chi connectivity index (χ1v) is 6.38. The number of hydrogen-bond donors (Lipinski definition) is 1. The van der Waals surface area contributed by atoms with Crippen molar-refractivity contribution < 1.29 is 14.3 Å². The van der Waals surface area contributed by atoms with Crippen molar-refractivity contribution in [2.75, 3.05) is 31.6 Å². The number of likely N-dealkylation sites (tertiary alicyclic amines) is 1. The lowest BCUT2D eigenvalue weighted by molar-refractivity contribution is 0.0375. The Morgan fingerprint density at radius 2 is 2.21 bits per heavy atom. The largest absolute Gasteiger partial charge is 0.444 e. The lowest BCUT2D eigenvalue weighted by atomic mass is 10.1. The number of amides is 1. The Labute approximate surface area is 110 Å². The number of anilines is 1. The summed E-state index contributed by atoms with van der Waals surface area (Å²) in [6.07, 6.45) is 3.80. The molecule has 7 nitrogen and oxygen atoms in total. The maximum absolute atomic E-state index is 11.8. The van der Waals surface area contributed by atoms with Crippen LogP contribution in [0.15, 0.2) is 18.5 Å². The molecule has 102 valence electrons. The fraction of sp³-hybridized carbons (Fsp3) is 0.583. The van der Waals surface area contributed by atoms with Gasteiger partial charge >= 0.3 is 6.09 Å². The first-order chi connectivity index (χ1) is 9.31. The molecule has 2 aliphatic heterocycles. The predicted octanol–water partition coefficient (Wildman–Crippen LogP) is 0.498. The van der Waals surface area contributed by atoms with Crippen LogP contribution in [-0.4, -0.2) is 59.4 Å². The Hall–Kier alpha value is -1.89. The summed E-state index contributed by atoms with van der Waals surface area (Å²) in [7, 11) is 0. The molecule has 1 atom stereocenters. The van der Waals surface area contributed by atoms with Gasteiger partial charge in [0.2, 0.25) is 5.95 Å². The van der Waals surface area contributed by atoms with Gasteiger partial charge in [0.1, 0.15) is 6.10 Å². The number of rotatable bonds is 3. The molecule has 1 N–H and O–H groups in total. The average molecular weight is 264 g/mol. The molecule has 1 aromatic heterocycles. The number of hydrogen-bond acceptors (Lipinski definition) is 6. The van der Waals surface area contributed by atoms with Crippen LogP contribution in [0.4, 0.5) is 10.7 Å². The van der Waals surface area contributed by atoms with Crippen LogP contribution in [0.3, 0.4) is 0 Å². The molecule has 7 heteroatoms. The first-order valence-electron chi connectivity index (χ1n) is 6.38. The lowest BCUT2D eigenvalue weighted by Crippen LogP contribution is -2.57. The predicted molar refractivity (Wildman–Crippen MR) is 66.7 cm³/mol. The highest BCUT2D eigenvalue weighted by Crippen LogP contribution is 2.16. The highest BCUT2D eigenvalue weighted by atomic mass is 16.6. The molecule has 2 fully saturated rings. The molecule has 3 rings (SSSR count). The van der Waals surface area contributed by atoms with Crippen LogP contribution >= 0.6 is 0 Å². The minimum atomic E-state index is -0.262.